The molecule has 0 amide bonds. The molecule has 4 rings (SSSR count). The Bertz CT molecular complexity index is 1140. The van der Waals surface area contributed by atoms with Crippen LogP contribution in [0.3, 0.4) is 0 Å². The fraction of sp³-hybridized carbons (Fsp3) is 0.486. The lowest BCUT2D eigenvalue weighted by molar-refractivity contribution is 0.127. The van der Waals surface area contributed by atoms with Crippen LogP contribution < -0.4 is 4.74 Å². The highest BCUT2D eigenvalue weighted by Gasteiger charge is 2.25. The molecule has 2 heteroatoms. The summed E-state index contributed by atoms with van der Waals surface area (Å²) in [6.07, 6.45) is 9.39. The summed E-state index contributed by atoms with van der Waals surface area (Å²) in [5.41, 5.74) is 6.32. The van der Waals surface area contributed by atoms with Crippen LogP contribution in [0.4, 0.5) is 4.39 Å². The molecule has 1 aliphatic rings. The van der Waals surface area contributed by atoms with Crippen LogP contribution in [0, 0.1) is 17.2 Å². The van der Waals surface area contributed by atoms with Gasteiger partial charge >= 0.3 is 0 Å². The summed E-state index contributed by atoms with van der Waals surface area (Å²) >= 11 is 0. The fourth-order valence-electron chi connectivity index (χ4n) is 5.92. The summed E-state index contributed by atoms with van der Waals surface area (Å²) in [6, 6.07) is 20.6. The summed E-state index contributed by atoms with van der Waals surface area (Å²) < 4.78 is 21.7. The summed E-state index contributed by atoms with van der Waals surface area (Å²) in [6.45, 7) is 12.0. The van der Waals surface area contributed by atoms with Crippen molar-refractivity contribution in [2.45, 2.75) is 91.9 Å². The molecule has 3 aromatic rings. The molecule has 0 atom stereocenters. The third-order valence-electron chi connectivity index (χ3n) is 9.24. The van der Waals surface area contributed by atoms with Crippen LogP contribution in [0.2, 0.25) is 0 Å². The van der Waals surface area contributed by atoms with Gasteiger partial charge in [-0.15, -0.1) is 0 Å². The zero-order chi connectivity index (χ0) is 26.4. The molecular weight excluding hydrogens is 455 g/mol. The molecule has 37 heavy (non-hydrogen) atoms. The SMILES string of the molecule is CCc1cc(-c2ccc(-c3ccc(C4CCC(C)CC4)cc3)cc2F)ccc1OCC(CC)(CC)CC. The number of hydrogen-bond donors (Lipinski definition) is 0. The Morgan fingerprint density at radius 3 is 1.97 bits per heavy atom. The minimum absolute atomic E-state index is 0.180. The second-order valence-corrected chi connectivity index (χ2v) is 11.3. The second kappa shape index (κ2) is 12.3. The zero-order valence-corrected chi connectivity index (χ0v) is 23.6. The molecule has 198 valence electrons. The summed E-state index contributed by atoms with van der Waals surface area (Å²) in [7, 11) is 0. The average molecular weight is 501 g/mol. The Labute approximate surface area is 224 Å². The van der Waals surface area contributed by atoms with Crippen LogP contribution >= 0.6 is 0 Å². The Hall–Kier alpha value is -2.61. The van der Waals surface area contributed by atoms with E-state index in [9.17, 15) is 0 Å². The van der Waals surface area contributed by atoms with Gasteiger partial charge in [-0.1, -0.05) is 89.9 Å². The van der Waals surface area contributed by atoms with E-state index in [2.05, 4.69) is 65.0 Å². The summed E-state index contributed by atoms with van der Waals surface area (Å²) in [4.78, 5) is 0. The third kappa shape index (κ3) is 6.28. The Balaban J connectivity index is 1.50. The highest BCUT2D eigenvalue weighted by atomic mass is 19.1. The van der Waals surface area contributed by atoms with Crippen molar-refractivity contribution in [1.82, 2.24) is 0 Å². The molecular formula is C35H45FO. The van der Waals surface area contributed by atoms with Gasteiger partial charge in [-0.3, -0.25) is 0 Å². The van der Waals surface area contributed by atoms with Crippen molar-refractivity contribution in [3.8, 4) is 28.0 Å². The molecule has 1 aliphatic carbocycles. The van der Waals surface area contributed by atoms with Gasteiger partial charge in [0, 0.05) is 11.0 Å². The number of benzene rings is 3. The van der Waals surface area contributed by atoms with Crippen LogP contribution in [-0.4, -0.2) is 6.61 Å². The molecule has 0 radical (unpaired) electrons. The first-order chi connectivity index (χ1) is 17.9. The van der Waals surface area contributed by atoms with Gasteiger partial charge in [-0.2, -0.15) is 0 Å². The van der Waals surface area contributed by atoms with Gasteiger partial charge in [0.05, 0.1) is 6.61 Å². The lowest BCUT2D eigenvalue weighted by atomic mass is 9.79. The highest BCUT2D eigenvalue weighted by molar-refractivity contribution is 5.72. The van der Waals surface area contributed by atoms with Crippen molar-refractivity contribution < 1.29 is 9.13 Å². The van der Waals surface area contributed by atoms with Gasteiger partial charge in [0.15, 0.2) is 0 Å². The molecule has 0 aliphatic heterocycles. The molecule has 1 fully saturated rings. The minimum Gasteiger partial charge on any atom is -0.493 e. The maximum absolute atomic E-state index is 15.4. The summed E-state index contributed by atoms with van der Waals surface area (Å²) in [5.74, 6) is 2.28. The zero-order valence-electron chi connectivity index (χ0n) is 23.6. The molecule has 1 nitrogen and oxygen atoms in total. The van der Waals surface area contributed by atoms with Crippen molar-refractivity contribution in [1.29, 1.82) is 0 Å². The van der Waals surface area contributed by atoms with Crippen LogP contribution in [0.25, 0.3) is 22.3 Å². The van der Waals surface area contributed by atoms with Gasteiger partial charge in [0.1, 0.15) is 11.6 Å². The molecule has 0 unspecified atom stereocenters. The van der Waals surface area contributed by atoms with E-state index in [1.165, 1.54) is 31.2 Å². The van der Waals surface area contributed by atoms with Crippen molar-refractivity contribution in [2.75, 3.05) is 6.61 Å². The van der Waals surface area contributed by atoms with Crippen molar-refractivity contribution in [3.63, 3.8) is 0 Å². The molecule has 0 heterocycles. The molecule has 3 aromatic carbocycles. The lowest BCUT2D eigenvalue weighted by Gasteiger charge is -2.30. The van der Waals surface area contributed by atoms with Crippen LogP contribution in [0.15, 0.2) is 60.7 Å². The Morgan fingerprint density at radius 2 is 1.38 bits per heavy atom. The monoisotopic (exact) mass is 500 g/mol. The Kier molecular flexibility index (Phi) is 9.11. The molecule has 0 spiro atoms. The normalized spacial score (nSPS) is 18.1. The predicted octanol–water partition coefficient (Wildman–Crippen LogP) is 10.6. The number of hydrogen-bond acceptors (Lipinski definition) is 1. The maximum atomic E-state index is 15.4. The second-order valence-electron chi connectivity index (χ2n) is 11.3. The first-order valence-electron chi connectivity index (χ1n) is 14.6. The number of rotatable bonds is 10. The fourth-order valence-corrected chi connectivity index (χ4v) is 5.92. The van der Waals surface area contributed by atoms with Crippen molar-refractivity contribution in [2.24, 2.45) is 11.3 Å². The van der Waals surface area contributed by atoms with Crippen LogP contribution in [0.5, 0.6) is 5.75 Å². The topological polar surface area (TPSA) is 9.23 Å². The maximum Gasteiger partial charge on any atom is 0.131 e. The van der Waals surface area contributed by atoms with Gasteiger partial charge in [0.25, 0.3) is 0 Å². The van der Waals surface area contributed by atoms with E-state index in [4.69, 9.17) is 4.74 Å². The van der Waals surface area contributed by atoms with Gasteiger partial charge in [0.2, 0.25) is 0 Å². The van der Waals surface area contributed by atoms with E-state index >= 15 is 4.39 Å². The quantitative estimate of drug-likeness (QED) is 0.269. The number of aryl methyl sites for hydroxylation is 1. The number of ether oxygens (including phenoxy) is 1. The van der Waals surface area contributed by atoms with Crippen LogP contribution in [-0.2, 0) is 6.42 Å². The number of halogens is 1. The van der Waals surface area contributed by atoms with Crippen molar-refractivity contribution in [3.05, 3.63) is 77.6 Å². The highest BCUT2D eigenvalue weighted by Crippen LogP contribution is 2.37. The van der Waals surface area contributed by atoms with E-state index < -0.39 is 0 Å². The summed E-state index contributed by atoms with van der Waals surface area (Å²) in [5, 5.41) is 0. The minimum atomic E-state index is -0.180. The van der Waals surface area contributed by atoms with E-state index in [0.29, 0.717) is 11.5 Å². The molecule has 0 saturated heterocycles. The first kappa shape index (κ1) is 27.4. The molecule has 1 saturated carbocycles. The van der Waals surface area contributed by atoms with E-state index in [-0.39, 0.29) is 11.2 Å². The van der Waals surface area contributed by atoms with Crippen molar-refractivity contribution >= 4 is 0 Å². The first-order valence-corrected chi connectivity index (χ1v) is 14.6. The molecule has 0 N–H and O–H groups in total. The largest absolute Gasteiger partial charge is 0.493 e. The average Bonchev–Trinajstić information content (AvgIpc) is 2.94. The standard InChI is InChI=1S/C35H45FO/c1-6-26-22-31(19-21-34(26)37-24-35(7-2,8-3)9-4)32-20-18-30(23-33(32)36)29-16-14-28(15-17-29)27-12-10-25(5)11-13-27/h14-23,25,27H,6-13,24H2,1-5H3. The van der Waals surface area contributed by atoms with Crippen LogP contribution in [0.1, 0.15) is 96.6 Å². The van der Waals surface area contributed by atoms with Gasteiger partial charge in [-0.05, 0) is 96.4 Å². The Morgan fingerprint density at radius 1 is 0.757 bits per heavy atom. The predicted molar refractivity (Wildman–Crippen MR) is 156 cm³/mol. The van der Waals surface area contributed by atoms with E-state index in [0.717, 1.165) is 66.2 Å². The third-order valence-corrected chi connectivity index (χ3v) is 9.24. The van der Waals surface area contributed by atoms with Gasteiger partial charge in [-0.25, -0.2) is 4.39 Å². The smallest absolute Gasteiger partial charge is 0.131 e. The lowest BCUT2D eigenvalue weighted by Crippen LogP contribution is -2.26. The van der Waals surface area contributed by atoms with E-state index in [1.54, 1.807) is 6.07 Å². The van der Waals surface area contributed by atoms with Gasteiger partial charge < -0.3 is 4.74 Å². The molecule has 0 aromatic heterocycles. The molecule has 0 bridgehead atoms. The van der Waals surface area contributed by atoms with E-state index in [1.807, 2.05) is 24.3 Å².